The zero-order chi connectivity index (χ0) is 10.1. The van der Waals surface area contributed by atoms with Crippen molar-refractivity contribution in [2.24, 2.45) is 0 Å². The van der Waals surface area contributed by atoms with Crippen molar-refractivity contribution in [3.8, 4) is 0 Å². The number of aliphatic hydroxyl groups excluding tert-OH is 1. The van der Waals surface area contributed by atoms with Crippen LogP contribution in [0, 0.1) is 0 Å². The fraction of sp³-hybridized carbons (Fsp3) is 1.00. The van der Waals surface area contributed by atoms with Crippen LogP contribution in [-0.4, -0.2) is 36.2 Å². The number of nitrogens with zero attached hydrogens (tertiary/aromatic N) is 1. The van der Waals surface area contributed by atoms with Gasteiger partial charge in [-0.1, -0.05) is 38.5 Å². The number of rotatable bonds is 2. The van der Waals surface area contributed by atoms with E-state index < -0.39 is 0 Å². The second-order valence-corrected chi connectivity index (χ2v) is 4.39. The van der Waals surface area contributed by atoms with E-state index in [4.69, 9.17) is 5.11 Å². The quantitative estimate of drug-likeness (QED) is 0.738. The van der Waals surface area contributed by atoms with Crippen LogP contribution in [0.5, 0.6) is 0 Å². The van der Waals surface area contributed by atoms with Crippen LogP contribution >= 0.6 is 0 Å². The Bertz CT molecular complexity index is 115. The highest BCUT2D eigenvalue weighted by atomic mass is 16.3. The third-order valence-corrected chi connectivity index (χ3v) is 3.11. The van der Waals surface area contributed by atoms with Crippen LogP contribution in [-0.2, 0) is 0 Å². The predicted octanol–water partition coefficient (Wildman–Crippen LogP) is 2.42. The van der Waals surface area contributed by atoms with Crippen molar-refractivity contribution < 1.29 is 5.11 Å². The largest absolute Gasteiger partial charge is 0.395 e. The van der Waals surface area contributed by atoms with E-state index in [9.17, 15) is 0 Å². The van der Waals surface area contributed by atoms with Crippen LogP contribution in [0.15, 0.2) is 0 Å². The second kappa shape index (κ2) is 8.25. The Kier molecular flexibility index (Phi) is 7.06. The molecule has 1 saturated heterocycles. The Morgan fingerprint density at radius 3 is 1.57 bits per heavy atom. The van der Waals surface area contributed by atoms with Crippen LogP contribution in [0.3, 0.4) is 0 Å². The van der Waals surface area contributed by atoms with Crippen molar-refractivity contribution >= 4 is 0 Å². The predicted molar refractivity (Wildman–Crippen MR) is 60.5 cm³/mol. The molecule has 0 saturated carbocycles. The van der Waals surface area contributed by atoms with Crippen LogP contribution in [0.2, 0.25) is 0 Å². The molecule has 0 unspecified atom stereocenters. The number of β-amino-alcohol motifs (C(OH)–C–C–N with tert-alkyl or cyclic N) is 1. The summed E-state index contributed by atoms with van der Waals surface area (Å²) >= 11 is 0. The van der Waals surface area contributed by atoms with Crippen molar-refractivity contribution in [3.63, 3.8) is 0 Å². The fourth-order valence-corrected chi connectivity index (χ4v) is 2.21. The summed E-state index contributed by atoms with van der Waals surface area (Å²) in [5, 5.41) is 8.92. The van der Waals surface area contributed by atoms with Crippen molar-refractivity contribution in [1.29, 1.82) is 0 Å². The van der Waals surface area contributed by atoms with Gasteiger partial charge in [-0.15, -0.1) is 0 Å². The fourth-order valence-electron chi connectivity index (χ4n) is 2.21. The minimum absolute atomic E-state index is 0.319. The minimum atomic E-state index is 0.319. The number of hydrogen-bond donors (Lipinski definition) is 1. The van der Waals surface area contributed by atoms with Gasteiger partial charge in [-0.05, 0) is 25.9 Å². The monoisotopic (exact) mass is 199 g/mol. The molecular formula is C12H25NO. The molecule has 0 amide bonds. The zero-order valence-electron chi connectivity index (χ0n) is 9.38. The maximum absolute atomic E-state index is 8.92. The topological polar surface area (TPSA) is 23.5 Å². The molecule has 0 spiro atoms. The molecule has 0 aromatic heterocycles. The average Bonchev–Trinajstić information content (AvgIpc) is 2.24. The Morgan fingerprint density at radius 2 is 1.14 bits per heavy atom. The lowest BCUT2D eigenvalue weighted by molar-refractivity contribution is 0.191. The normalized spacial score (nSPS) is 22.9. The van der Waals surface area contributed by atoms with Crippen LogP contribution < -0.4 is 0 Å². The van der Waals surface area contributed by atoms with Gasteiger partial charge < -0.3 is 10.0 Å². The van der Waals surface area contributed by atoms with E-state index in [1.54, 1.807) is 0 Å². The van der Waals surface area contributed by atoms with Crippen molar-refractivity contribution in [2.45, 2.75) is 51.4 Å². The smallest absolute Gasteiger partial charge is 0.0558 e. The molecule has 14 heavy (non-hydrogen) atoms. The highest BCUT2D eigenvalue weighted by molar-refractivity contribution is 4.60. The summed E-state index contributed by atoms with van der Waals surface area (Å²) in [5.41, 5.74) is 0. The first kappa shape index (κ1) is 12.0. The summed E-state index contributed by atoms with van der Waals surface area (Å²) in [4.78, 5) is 2.42. The van der Waals surface area contributed by atoms with Gasteiger partial charge in [-0.2, -0.15) is 0 Å². The SMILES string of the molecule is OCCN1CCCCCCCCCC1. The van der Waals surface area contributed by atoms with E-state index in [1.807, 2.05) is 0 Å². The Labute approximate surface area is 88.3 Å². The maximum atomic E-state index is 8.92. The van der Waals surface area contributed by atoms with Gasteiger partial charge in [0.1, 0.15) is 0 Å². The molecule has 1 fully saturated rings. The molecule has 0 aromatic rings. The van der Waals surface area contributed by atoms with Crippen LogP contribution in [0.4, 0.5) is 0 Å². The van der Waals surface area contributed by atoms with Crippen molar-refractivity contribution in [2.75, 3.05) is 26.2 Å². The Balaban J connectivity index is 2.20. The van der Waals surface area contributed by atoms with E-state index in [-0.39, 0.29) is 0 Å². The zero-order valence-corrected chi connectivity index (χ0v) is 9.38. The summed E-state index contributed by atoms with van der Waals surface area (Å²) in [7, 11) is 0. The molecule has 2 heteroatoms. The highest BCUT2D eigenvalue weighted by Crippen LogP contribution is 2.11. The lowest BCUT2D eigenvalue weighted by Gasteiger charge is -2.20. The van der Waals surface area contributed by atoms with Gasteiger partial charge in [-0.25, -0.2) is 0 Å². The van der Waals surface area contributed by atoms with Gasteiger partial charge in [0.05, 0.1) is 6.61 Å². The first-order chi connectivity index (χ1) is 6.93. The Hall–Kier alpha value is -0.0800. The minimum Gasteiger partial charge on any atom is -0.395 e. The van der Waals surface area contributed by atoms with E-state index in [1.165, 1.54) is 64.5 Å². The third-order valence-electron chi connectivity index (χ3n) is 3.11. The lowest BCUT2D eigenvalue weighted by atomic mass is 10.1. The molecule has 1 aliphatic rings. The third kappa shape index (κ3) is 5.61. The van der Waals surface area contributed by atoms with Crippen LogP contribution in [0.1, 0.15) is 51.4 Å². The molecule has 1 heterocycles. The number of aliphatic hydroxyl groups is 1. The first-order valence-electron chi connectivity index (χ1n) is 6.26. The maximum Gasteiger partial charge on any atom is 0.0558 e. The van der Waals surface area contributed by atoms with Gasteiger partial charge in [0, 0.05) is 6.54 Å². The van der Waals surface area contributed by atoms with Crippen LogP contribution in [0.25, 0.3) is 0 Å². The second-order valence-electron chi connectivity index (χ2n) is 4.39. The molecule has 0 aromatic carbocycles. The molecule has 0 atom stereocenters. The summed E-state index contributed by atoms with van der Waals surface area (Å²) in [6.45, 7) is 3.58. The molecule has 1 rings (SSSR count). The van der Waals surface area contributed by atoms with Gasteiger partial charge in [0.15, 0.2) is 0 Å². The Morgan fingerprint density at radius 1 is 0.714 bits per heavy atom. The standard InChI is InChI=1S/C12H25NO/c14-12-11-13-9-7-5-3-1-2-4-6-8-10-13/h14H,1-12H2. The van der Waals surface area contributed by atoms with E-state index >= 15 is 0 Å². The lowest BCUT2D eigenvalue weighted by Crippen LogP contribution is -2.29. The van der Waals surface area contributed by atoms with E-state index in [0.29, 0.717) is 6.61 Å². The van der Waals surface area contributed by atoms with Crippen molar-refractivity contribution in [1.82, 2.24) is 4.90 Å². The van der Waals surface area contributed by atoms with E-state index in [0.717, 1.165) is 6.54 Å². The molecule has 1 aliphatic heterocycles. The first-order valence-corrected chi connectivity index (χ1v) is 6.26. The summed E-state index contributed by atoms with van der Waals surface area (Å²) in [6, 6.07) is 0. The van der Waals surface area contributed by atoms with E-state index in [2.05, 4.69) is 4.90 Å². The molecule has 84 valence electrons. The van der Waals surface area contributed by atoms with Gasteiger partial charge in [0.2, 0.25) is 0 Å². The molecule has 2 nitrogen and oxygen atoms in total. The molecule has 0 bridgehead atoms. The van der Waals surface area contributed by atoms with Gasteiger partial charge in [0.25, 0.3) is 0 Å². The summed E-state index contributed by atoms with van der Waals surface area (Å²) in [6.07, 6.45) is 11.1. The molecule has 0 aliphatic carbocycles. The molecular weight excluding hydrogens is 174 g/mol. The average molecular weight is 199 g/mol. The van der Waals surface area contributed by atoms with Gasteiger partial charge in [-0.3, -0.25) is 0 Å². The van der Waals surface area contributed by atoms with Crippen molar-refractivity contribution in [3.05, 3.63) is 0 Å². The van der Waals surface area contributed by atoms with Gasteiger partial charge >= 0.3 is 0 Å². The summed E-state index contributed by atoms with van der Waals surface area (Å²) < 4.78 is 0. The highest BCUT2D eigenvalue weighted by Gasteiger charge is 2.04. The summed E-state index contributed by atoms with van der Waals surface area (Å²) in [5.74, 6) is 0. The molecule has 1 N–H and O–H groups in total. The number of hydrogen-bond acceptors (Lipinski definition) is 2. The molecule has 0 radical (unpaired) electrons.